The van der Waals surface area contributed by atoms with Gasteiger partial charge in [0, 0.05) is 39.9 Å². The second-order valence-electron chi connectivity index (χ2n) is 8.09. The Bertz CT molecular complexity index is 830. The number of benzene rings is 2. The van der Waals surface area contributed by atoms with Crippen LogP contribution in [0.5, 0.6) is 11.5 Å². The standard InChI is InChI=1S/C24H33N3O3/c1-26(2)20-12-9-18(10-13-20)17-27(3)24(28)25-16-19-11-14-22(29-4)23(15-19)30-21-7-5-6-8-21/h9-15,21H,5-8,16-17H2,1-4H3,(H,25,28). The lowest BCUT2D eigenvalue weighted by Crippen LogP contribution is -2.36. The molecule has 0 unspecified atom stereocenters. The van der Waals surface area contributed by atoms with Gasteiger partial charge in [0.15, 0.2) is 11.5 Å². The first kappa shape index (κ1) is 21.8. The molecule has 0 spiro atoms. The molecule has 0 aliphatic heterocycles. The van der Waals surface area contributed by atoms with Crippen molar-refractivity contribution in [1.29, 1.82) is 0 Å². The van der Waals surface area contributed by atoms with E-state index >= 15 is 0 Å². The summed E-state index contributed by atoms with van der Waals surface area (Å²) >= 11 is 0. The number of anilines is 1. The van der Waals surface area contributed by atoms with Gasteiger partial charge in [0.25, 0.3) is 0 Å². The highest BCUT2D eigenvalue weighted by atomic mass is 16.5. The van der Waals surface area contributed by atoms with Crippen LogP contribution in [0.25, 0.3) is 0 Å². The summed E-state index contributed by atoms with van der Waals surface area (Å²) in [6, 6.07) is 13.9. The second kappa shape index (κ2) is 10.2. The molecule has 2 aromatic rings. The Morgan fingerprint density at radius 3 is 2.30 bits per heavy atom. The quantitative estimate of drug-likeness (QED) is 0.698. The van der Waals surface area contributed by atoms with Gasteiger partial charge in [-0.05, 0) is 61.1 Å². The molecule has 6 nitrogen and oxygen atoms in total. The van der Waals surface area contributed by atoms with Crippen LogP contribution in [-0.4, -0.2) is 45.3 Å². The molecular weight excluding hydrogens is 378 g/mol. The molecule has 0 aromatic heterocycles. The largest absolute Gasteiger partial charge is 0.493 e. The Labute approximate surface area is 179 Å². The van der Waals surface area contributed by atoms with Crippen LogP contribution in [0.15, 0.2) is 42.5 Å². The maximum Gasteiger partial charge on any atom is 0.317 e. The van der Waals surface area contributed by atoms with Crippen LogP contribution in [0.3, 0.4) is 0 Å². The number of amides is 2. The van der Waals surface area contributed by atoms with Crippen molar-refractivity contribution in [3.8, 4) is 11.5 Å². The Kier molecular flexibility index (Phi) is 7.44. The van der Waals surface area contributed by atoms with Gasteiger partial charge in [-0.1, -0.05) is 18.2 Å². The number of hydrogen-bond acceptors (Lipinski definition) is 4. The average molecular weight is 412 g/mol. The summed E-state index contributed by atoms with van der Waals surface area (Å²) in [5, 5.41) is 2.99. The molecule has 1 saturated carbocycles. The van der Waals surface area contributed by atoms with Gasteiger partial charge in [-0.2, -0.15) is 0 Å². The lowest BCUT2D eigenvalue weighted by atomic mass is 10.2. The maximum absolute atomic E-state index is 12.5. The topological polar surface area (TPSA) is 54.0 Å². The molecule has 3 rings (SSSR count). The van der Waals surface area contributed by atoms with E-state index in [-0.39, 0.29) is 12.1 Å². The van der Waals surface area contributed by atoms with Gasteiger partial charge in [-0.25, -0.2) is 4.79 Å². The molecule has 0 radical (unpaired) electrons. The van der Waals surface area contributed by atoms with Gasteiger partial charge in [-0.3, -0.25) is 0 Å². The van der Waals surface area contributed by atoms with Gasteiger partial charge in [0.05, 0.1) is 13.2 Å². The van der Waals surface area contributed by atoms with E-state index in [0.29, 0.717) is 13.1 Å². The number of methoxy groups -OCH3 is 1. The molecule has 0 bridgehead atoms. The van der Waals surface area contributed by atoms with E-state index in [4.69, 9.17) is 9.47 Å². The van der Waals surface area contributed by atoms with Gasteiger partial charge < -0.3 is 24.6 Å². The van der Waals surface area contributed by atoms with Crippen LogP contribution in [0, 0.1) is 0 Å². The average Bonchev–Trinajstić information content (AvgIpc) is 3.25. The van der Waals surface area contributed by atoms with Gasteiger partial charge in [0.1, 0.15) is 0 Å². The number of ether oxygens (including phenoxy) is 2. The van der Waals surface area contributed by atoms with Crippen molar-refractivity contribution in [3.63, 3.8) is 0 Å². The van der Waals surface area contributed by atoms with Crippen LogP contribution in [-0.2, 0) is 13.1 Å². The van der Waals surface area contributed by atoms with E-state index in [0.717, 1.165) is 41.2 Å². The van der Waals surface area contributed by atoms with Crippen LogP contribution in [0.2, 0.25) is 0 Å². The van der Waals surface area contributed by atoms with Crippen molar-refractivity contribution in [1.82, 2.24) is 10.2 Å². The molecular formula is C24H33N3O3. The van der Waals surface area contributed by atoms with E-state index in [1.807, 2.05) is 32.3 Å². The van der Waals surface area contributed by atoms with Crippen molar-refractivity contribution in [2.45, 2.75) is 44.9 Å². The highest BCUT2D eigenvalue weighted by Crippen LogP contribution is 2.32. The summed E-state index contributed by atoms with van der Waals surface area (Å²) in [5.41, 5.74) is 3.22. The summed E-state index contributed by atoms with van der Waals surface area (Å²) in [5.74, 6) is 1.49. The number of carbonyl (C=O) groups excluding carboxylic acids is 1. The number of hydrogen-bond donors (Lipinski definition) is 1. The lowest BCUT2D eigenvalue weighted by molar-refractivity contribution is 0.200. The smallest absolute Gasteiger partial charge is 0.317 e. The molecule has 6 heteroatoms. The van der Waals surface area contributed by atoms with E-state index < -0.39 is 0 Å². The molecule has 0 saturated heterocycles. The third-order valence-corrected chi connectivity index (χ3v) is 5.49. The molecule has 30 heavy (non-hydrogen) atoms. The van der Waals surface area contributed by atoms with E-state index in [1.165, 1.54) is 12.8 Å². The molecule has 1 aliphatic carbocycles. The number of carbonyl (C=O) groups is 1. The minimum absolute atomic E-state index is 0.110. The minimum Gasteiger partial charge on any atom is -0.493 e. The summed E-state index contributed by atoms with van der Waals surface area (Å²) in [4.78, 5) is 16.3. The number of rotatable bonds is 8. The zero-order chi connectivity index (χ0) is 21.5. The highest BCUT2D eigenvalue weighted by molar-refractivity contribution is 5.73. The molecule has 162 valence electrons. The summed E-state index contributed by atoms with van der Waals surface area (Å²) in [6.07, 6.45) is 4.86. The van der Waals surface area contributed by atoms with Crippen molar-refractivity contribution in [2.24, 2.45) is 0 Å². The maximum atomic E-state index is 12.5. The molecule has 1 N–H and O–H groups in total. The molecule has 2 amide bonds. The molecule has 1 aliphatic rings. The number of nitrogens with zero attached hydrogens (tertiary/aromatic N) is 2. The Balaban J connectivity index is 1.55. The van der Waals surface area contributed by atoms with Crippen LogP contribution >= 0.6 is 0 Å². The van der Waals surface area contributed by atoms with E-state index in [2.05, 4.69) is 34.5 Å². The van der Waals surface area contributed by atoms with Gasteiger partial charge >= 0.3 is 6.03 Å². The molecule has 1 fully saturated rings. The van der Waals surface area contributed by atoms with Gasteiger partial charge in [-0.15, -0.1) is 0 Å². The third-order valence-electron chi connectivity index (χ3n) is 5.49. The van der Waals surface area contributed by atoms with Crippen molar-refractivity contribution in [2.75, 3.05) is 33.2 Å². The third kappa shape index (κ3) is 5.81. The highest BCUT2D eigenvalue weighted by Gasteiger charge is 2.19. The second-order valence-corrected chi connectivity index (χ2v) is 8.09. The molecule has 2 aromatic carbocycles. The zero-order valence-electron chi connectivity index (χ0n) is 18.5. The van der Waals surface area contributed by atoms with Crippen molar-refractivity contribution < 1.29 is 14.3 Å². The van der Waals surface area contributed by atoms with E-state index in [1.54, 1.807) is 19.1 Å². The number of urea groups is 1. The fourth-order valence-corrected chi connectivity index (χ4v) is 3.67. The minimum atomic E-state index is -0.110. The summed E-state index contributed by atoms with van der Waals surface area (Å²) in [7, 11) is 7.48. The zero-order valence-corrected chi connectivity index (χ0v) is 18.5. The monoisotopic (exact) mass is 411 g/mol. The Morgan fingerprint density at radius 1 is 1.00 bits per heavy atom. The molecule has 0 atom stereocenters. The SMILES string of the molecule is COc1ccc(CNC(=O)N(C)Cc2ccc(N(C)C)cc2)cc1OC1CCCC1. The fourth-order valence-electron chi connectivity index (χ4n) is 3.67. The normalized spacial score (nSPS) is 13.7. The van der Waals surface area contributed by atoms with Gasteiger partial charge in [0.2, 0.25) is 0 Å². The number of nitrogens with one attached hydrogen (secondary N) is 1. The predicted molar refractivity (Wildman–Crippen MR) is 120 cm³/mol. The van der Waals surface area contributed by atoms with Crippen molar-refractivity contribution >= 4 is 11.7 Å². The lowest BCUT2D eigenvalue weighted by Gasteiger charge is -2.20. The first-order valence-corrected chi connectivity index (χ1v) is 10.5. The van der Waals surface area contributed by atoms with E-state index in [9.17, 15) is 4.79 Å². The van der Waals surface area contributed by atoms with Crippen molar-refractivity contribution in [3.05, 3.63) is 53.6 Å². The van der Waals surface area contributed by atoms with Crippen LogP contribution in [0.4, 0.5) is 10.5 Å². The fraction of sp³-hybridized carbons (Fsp3) is 0.458. The summed E-state index contributed by atoms with van der Waals surface area (Å²) in [6.45, 7) is 0.992. The summed E-state index contributed by atoms with van der Waals surface area (Å²) < 4.78 is 11.6. The first-order valence-electron chi connectivity index (χ1n) is 10.5. The van der Waals surface area contributed by atoms with Crippen LogP contribution < -0.4 is 19.7 Å². The Morgan fingerprint density at radius 2 is 1.67 bits per heavy atom. The predicted octanol–water partition coefficient (Wildman–Crippen LogP) is 4.42. The van der Waals surface area contributed by atoms with Crippen LogP contribution in [0.1, 0.15) is 36.8 Å². The molecule has 0 heterocycles. The first-order chi connectivity index (χ1) is 14.5. The Hall–Kier alpha value is -2.89.